The molecule has 0 saturated carbocycles. The fourth-order valence-corrected chi connectivity index (χ4v) is 1.96. The van der Waals surface area contributed by atoms with Crippen molar-refractivity contribution < 1.29 is 24.3 Å². The van der Waals surface area contributed by atoms with Crippen LogP contribution in [0.25, 0.3) is 0 Å². The van der Waals surface area contributed by atoms with Gasteiger partial charge in [0.05, 0.1) is 12.6 Å². The molecule has 1 heterocycles. The van der Waals surface area contributed by atoms with Crippen molar-refractivity contribution in [2.24, 2.45) is 0 Å². The molecule has 0 aromatic carbocycles. The van der Waals surface area contributed by atoms with Crippen LogP contribution in [-0.2, 0) is 19.2 Å². The quantitative estimate of drug-likeness (QED) is 0.367. The van der Waals surface area contributed by atoms with Crippen molar-refractivity contribution in [2.45, 2.75) is 44.8 Å². The first kappa shape index (κ1) is 17.9. The predicted molar refractivity (Wildman–Crippen MR) is 76.9 cm³/mol. The Bertz CT molecular complexity index is 448. The Morgan fingerprint density at radius 2 is 1.86 bits per heavy atom. The van der Waals surface area contributed by atoms with Crippen molar-refractivity contribution in [2.75, 3.05) is 13.1 Å². The normalized spacial score (nSPS) is 19.8. The number of carbonyl (C=O) groups excluding carboxylic acids is 3. The van der Waals surface area contributed by atoms with Crippen LogP contribution in [0.15, 0.2) is 0 Å². The fraction of sp³-hybridized carbons (Fsp3) is 0.692. The van der Waals surface area contributed by atoms with Gasteiger partial charge in [-0.3, -0.25) is 19.2 Å². The van der Waals surface area contributed by atoms with Crippen LogP contribution in [-0.4, -0.2) is 60.0 Å². The minimum absolute atomic E-state index is 0.233. The van der Waals surface area contributed by atoms with Crippen molar-refractivity contribution in [3.63, 3.8) is 0 Å². The molecular weight excluding hydrogens is 292 g/mol. The molecular formula is C13H22N4O5. The van der Waals surface area contributed by atoms with E-state index in [-0.39, 0.29) is 18.5 Å². The maximum atomic E-state index is 11.7. The molecule has 0 aromatic rings. The zero-order chi connectivity index (χ0) is 16.7. The van der Waals surface area contributed by atoms with E-state index in [1.54, 1.807) is 0 Å². The summed E-state index contributed by atoms with van der Waals surface area (Å²) in [5.74, 6) is -2.53. The van der Waals surface area contributed by atoms with Gasteiger partial charge in [0.15, 0.2) is 0 Å². The monoisotopic (exact) mass is 314 g/mol. The summed E-state index contributed by atoms with van der Waals surface area (Å²) in [6.07, 6.45) is 1.66. The van der Waals surface area contributed by atoms with Gasteiger partial charge in [-0.25, -0.2) is 0 Å². The zero-order valence-electron chi connectivity index (χ0n) is 12.6. The summed E-state index contributed by atoms with van der Waals surface area (Å²) < 4.78 is 0. The lowest BCUT2D eigenvalue weighted by atomic mass is 10.2. The van der Waals surface area contributed by atoms with Crippen molar-refractivity contribution >= 4 is 23.7 Å². The highest BCUT2D eigenvalue weighted by Crippen LogP contribution is 2.03. The Morgan fingerprint density at radius 3 is 2.41 bits per heavy atom. The zero-order valence-corrected chi connectivity index (χ0v) is 12.6. The lowest BCUT2D eigenvalue weighted by molar-refractivity contribution is -0.141. The molecule has 1 saturated heterocycles. The number of amides is 3. The van der Waals surface area contributed by atoms with Gasteiger partial charge in [-0.1, -0.05) is 0 Å². The highest BCUT2D eigenvalue weighted by atomic mass is 16.4. The second-order valence-corrected chi connectivity index (χ2v) is 5.22. The summed E-state index contributed by atoms with van der Waals surface area (Å²) >= 11 is 0. The number of carbonyl (C=O) groups is 4. The van der Waals surface area contributed by atoms with Crippen molar-refractivity contribution in [1.82, 2.24) is 21.3 Å². The molecule has 124 valence electrons. The smallest absolute Gasteiger partial charge is 0.325 e. The van der Waals surface area contributed by atoms with Gasteiger partial charge in [0.2, 0.25) is 17.7 Å². The molecule has 9 heteroatoms. The van der Waals surface area contributed by atoms with Crippen LogP contribution >= 0.6 is 0 Å². The molecule has 3 amide bonds. The first-order valence-electron chi connectivity index (χ1n) is 7.15. The van der Waals surface area contributed by atoms with E-state index in [1.165, 1.54) is 13.8 Å². The molecule has 0 spiro atoms. The average Bonchev–Trinajstić information content (AvgIpc) is 2.98. The topological polar surface area (TPSA) is 137 Å². The number of nitrogens with one attached hydrogen (secondary N) is 4. The van der Waals surface area contributed by atoms with E-state index < -0.39 is 29.9 Å². The molecule has 0 bridgehead atoms. The Morgan fingerprint density at radius 1 is 1.18 bits per heavy atom. The minimum atomic E-state index is -1.16. The van der Waals surface area contributed by atoms with Crippen LogP contribution in [0.4, 0.5) is 0 Å². The Balaban J connectivity index is 2.29. The standard InChI is InChI=1S/C13H22N4O5/c1-7(11(19)17-8(2)13(21)22)16-10(18)6-15-12(20)9-4-3-5-14-9/h7-9,14H,3-6H2,1-2H3,(H,15,20)(H,16,18)(H,17,19)(H,21,22)/t7-,8-,9-/m0/s1. The molecule has 1 aliphatic rings. The van der Waals surface area contributed by atoms with E-state index in [2.05, 4.69) is 21.3 Å². The Labute approximate surface area is 128 Å². The van der Waals surface area contributed by atoms with Gasteiger partial charge in [0, 0.05) is 0 Å². The number of rotatable bonds is 7. The van der Waals surface area contributed by atoms with E-state index in [4.69, 9.17) is 5.11 Å². The van der Waals surface area contributed by atoms with Gasteiger partial charge in [0.1, 0.15) is 12.1 Å². The summed E-state index contributed by atoms with van der Waals surface area (Å²) in [6, 6.07) is -2.21. The first-order chi connectivity index (χ1) is 10.3. The molecule has 5 N–H and O–H groups in total. The van der Waals surface area contributed by atoms with E-state index in [0.29, 0.717) is 0 Å². The predicted octanol–water partition coefficient (Wildman–Crippen LogP) is -2.05. The van der Waals surface area contributed by atoms with Gasteiger partial charge in [0.25, 0.3) is 0 Å². The number of carboxylic acid groups (broad SMARTS) is 1. The summed E-state index contributed by atoms with van der Waals surface area (Å²) in [7, 11) is 0. The van der Waals surface area contributed by atoms with Crippen LogP contribution in [0.5, 0.6) is 0 Å². The van der Waals surface area contributed by atoms with Crippen LogP contribution in [0.3, 0.4) is 0 Å². The Hall–Kier alpha value is -2.16. The van der Waals surface area contributed by atoms with Crippen molar-refractivity contribution in [3.8, 4) is 0 Å². The average molecular weight is 314 g/mol. The van der Waals surface area contributed by atoms with Crippen LogP contribution in [0.2, 0.25) is 0 Å². The van der Waals surface area contributed by atoms with Gasteiger partial charge in [-0.2, -0.15) is 0 Å². The highest BCUT2D eigenvalue weighted by molar-refractivity contribution is 5.92. The first-order valence-corrected chi connectivity index (χ1v) is 7.15. The van der Waals surface area contributed by atoms with Gasteiger partial charge in [-0.15, -0.1) is 0 Å². The molecule has 0 aromatic heterocycles. The molecule has 3 atom stereocenters. The molecule has 1 aliphatic heterocycles. The molecule has 9 nitrogen and oxygen atoms in total. The third-order valence-electron chi connectivity index (χ3n) is 3.30. The van der Waals surface area contributed by atoms with Gasteiger partial charge in [-0.05, 0) is 33.2 Å². The lowest BCUT2D eigenvalue weighted by Gasteiger charge is -2.17. The number of carboxylic acids is 1. The van der Waals surface area contributed by atoms with Gasteiger partial charge < -0.3 is 26.4 Å². The van der Waals surface area contributed by atoms with Crippen LogP contribution < -0.4 is 21.3 Å². The summed E-state index contributed by atoms with van der Waals surface area (Å²) in [6.45, 7) is 3.30. The minimum Gasteiger partial charge on any atom is -0.480 e. The van der Waals surface area contributed by atoms with Crippen molar-refractivity contribution in [1.29, 1.82) is 0 Å². The lowest BCUT2D eigenvalue weighted by Crippen LogP contribution is -2.52. The largest absolute Gasteiger partial charge is 0.480 e. The molecule has 1 rings (SSSR count). The third-order valence-corrected chi connectivity index (χ3v) is 3.30. The van der Waals surface area contributed by atoms with Crippen molar-refractivity contribution in [3.05, 3.63) is 0 Å². The highest BCUT2D eigenvalue weighted by Gasteiger charge is 2.23. The summed E-state index contributed by atoms with van der Waals surface area (Å²) in [4.78, 5) is 45.6. The number of aliphatic carboxylic acids is 1. The van der Waals surface area contributed by atoms with E-state index >= 15 is 0 Å². The van der Waals surface area contributed by atoms with Crippen LogP contribution in [0.1, 0.15) is 26.7 Å². The van der Waals surface area contributed by atoms with Gasteiger partial charge >= 0.3 is 5.97 Å². The fourth-order valence-electron chi connectivity index (χ4n) is 1.96. The SMILES string of the molecule is C[C@H](NC(=O)[C@H](C)NC(=O)CNC(=O)[C@@H]1CCCN1)C(=O)O. The second kappa shape index (κ2) is 8.32. The number of hydrogen-bond donors (Lipinski definition) is 5. The third kappa shape index (κ3) is 5.68. The molecule has 1 fully saturated rings. The summed E-state index contributed by atoms with van der Waals surface area (Å²) in [5, 5.41) is 18.8. The van der Waals surface area contributed by atoms with E-state index in [9.17, 15) is 19.2 Å². The van der Waals surface area contributed by atoms with E-state index in [1.807, 2.05) is 0 Å². The molecule has 22 heavy (non-hydrogen) atoms. The molecule has 0 aliphatic carbocycles. The van der Waals surface area contributed by atoms with Crippen LogP contribution in [0, 0.1) is 0 Å². The summed E-state index contributed by atoms with van der Waals surface area (Å²) in [5.41, 5.74) is 0. The maximum Gasteiger partial charge on any atom is 0.325 e. The number of hydrogen-bond acceptors (Lipinski definition) is 5. The Kier molecular flexibility index (Phi) is 6.77. The second-order valence-electron chi connectivity index (χ2n) is 5.22. The van der Waals surface area contributed by atoms with E-state index in [0.717, 1.165) is 19.4 Å². The molecule has 0 unspecified atom stereocenters. The maximum absolute atomic E-state index is 11.7. The molecule has 0 radical (unpaired) electrons.